The number of benzene rings is 2. The van der Waals surface area contributed by atoms with E-state index in [1.165, 1.54) is 18.4 Å². The first-order valence-electron chi connectivity index (χ1n) is 9.79. The highest BCUT2D eigenvalue weighted by atomic mass is 16.2. The quantitative estimate of drug-likeness (QED) is 0.750. The van der Waals surface area contributed by atoms with Crippen LogP contribution in [0.25, 0.3) is 0 Å². The fraction of sp³-hybridized carbons (Fsp3) is 0.435. The van der Waals surface area contributed by atoms with E-state index in [1.54, 1.807) is 0 Å². The molecule has 26 heavy (non-hydrogen) atoms. The molecule has 0 saturated carbocycles. The largest absolute Gasteiger partial charge is 0.338 e. The van der Waals surface area contributed by atoms with Crippen molar-refractivity contribution in [3.63, 3.8) is 0 Å². The highest BCUT2D eigenvalue weighted by Crippen LogP contribution is 2.19. The summed E-state index contributed by atoms with van der Waals surface area (Å²) < 4.78 is 0. The third-order valence-electron chi connectivity index (χ3n) is 5.24. The van der Waals surface area contributed by atoms with Crippen LogP contribution in [-0.2, 0) is 6.42 Å². The van der Waals surface area contributed by atoms with Crippen molar-refractivity contribution in [1.29, 1.82) is 0 Å². The van der Waals surface area contributed by atoms with Gasteiger partial charge in [-0.1, -0.05) is 48.5 Å². The smallest absolute Gasteiger partial charge is 0.253 e. The van der Waals surface area contributed by atoms with Crippen LogP contribution in [0.15, 0.2) is 60.7 Å². The van der Waals surface area contributed by atoms with Crippen molar-refractivity contribution in [2.24, 2.45) is 5.92 Å². The van der Waals surface area contributed by atoms with E-state index < -0.39 is 0 Å². The summed E-state index contributed by atoms with van der Waals surface area (Å²) in [4.78, 5) is 17.1. The minimum absolute atomic E-state index is 0.182. The van der Waals surface area contributed by atoms with E-state index in [0.717, 1.165) is 44.6 Å². The first-order chi connectivity index (χ1) is 12.7. The van der Waals surface area contributed by atoms with Gasteiger partial charge in [0, 0.05) is 25.2 Å². The number of amides is 1. The molecule has 2 aromatic rings. The van der Waals surface area contributed by atoms with E-state index in [4.69, 9.17) is 0 Å². The van der Waals surface area contributed by atoms with Gasteiger partial charge >= 0.3 is 0 Å². The van der Waals surface area contributed by atoms with Gasteiger partial charge in [0.2, 0.25) is 0 Å². The Morgan fingerprint density at radius 3 is 2.50 bits per heavy atom. The SMILES string of the molecule is CN(CCCc1ccccc1)CC1CCCN(C(=O)c2ccccc2)C1. The number of hydrogen-bond acceptors (Lipinski definition) is 2. The number of carbonyl (C=O) groups excluding carboxylic acids is 1. The van der Waals surface area contributed by atoms with Gasteiger partial charge < -0.3 is 9.80 Å². The van der Waals surface area contributed by atoms with E-state index in [2.05, 4.69) is 42.3 Å². The van der Waals surface area contributed by atoms with Crippen molar-refractivity contribution in [2.45, 2.75) is 25.7 Å². The molecule has 1 fully saturated rings. The van der Waals surface area contributed by atoms with E-state index in [-0.39, 0.29) is 5.91 Å². The Kier molecular flexibility index (Phi) is 6.84. The molecule has 0 spiro atoms. The van der Waals surface area contributed by atoms with Crippen LogP contribution in [0.3, 0.4) is 0 Å². The van der Waals surface area contributed by atoms with Gasteiger partial charge in [-0.05, 0) is 62.9 Å². The average molecular weight is 351 g/mol. The maximum absolute atomic E-state index is 12.7. The Morgan fingerprint density at radius 2 is 1.77 bits per heavy atom. The molecule has 1 saturated heterocycles. The van der Waals surface area contributed by atoms with Gasteiger partial charge in [0.1, 0.15) is 0 Å². The van der Waals surface area contributed by atoms with Gasteiger partial charge in [-0.2, -0.15) is 0 Å². The highest BCUT2D eigenvalue weighted by molar-refractivity contribution is 5.94. The van der Waals surface area contributed by atoms with Crippen molar-refractivity contribution < 1.29 is 4.79 Å². The summed E-state index contributed by atoms with van der Waals surface area (Å²) in [6, 6.07) is 20.4. The van der Waals surface area contributed by atoms with E-state index in [1.807, 2.05) is 35.2 Å². The van der Waals surface area contributed by atoms with Crippen molar-refractivity contribution >= 4 is 5.91 Å². The molecule has 0 bridgehead atoms. The molecule has 3 rings (SSSR count). The number of rotatable bonds is 7. The number of aryl methyl sites for hydroxylation is 1. The van der Waals surface area contributed by atoms with Crippen LogP contribution in [0.1, 0.15) is 35.2 Å². The molecule has 1 aliphatic heterocycles. The van der Waals surface area contributed by atoms with Gasteiger partial charge in [-0.15, -0.1) is 0 Å². The molecule has 1 heterocycles. The van der Waals surface area contributed by atoms with Gasteiger partial charge in [0.15, 0.2) is 0 Å². The zero-order valence-corrected chi connectivity index (χ0v) is 15.8. The van der Waals surface area contributed by atoms with Crippen LogP contribution in [0.4, 0.5) is 0 Å². The second-order valence-corrected chi connectivity index (χ2v) is 7.48. The number of hydrogen-bond donors (Lipinski definition) is 0. The predicted molar refractivity (Wildman–Crippen MR) is 107 cm³/mol. The number of nitrogens with zero attached hydrogens (tertiary/aromatic N) is 2. The Morgan fingerprint density at radius 1 is 1.08 bits per heavy atom. The standard InChI is InChI=1S/C23H30N2O/c1-24(16-8-12-20-10-4-2-5-11-20)18-21-13-9-17-25(19-21)23(26)22-14-6-3-7-15-22/h2-7,10-11,14-15,21H,8-9,12-13,16-19H2,1H3. The molecule has 1 unspecified atom stereocenters. The molecule has 3 heteroatoms. The van der Waals surface area contributed by atoms with Crippen molar-refractivity contribution in [3.8, 4) is 0 Å². The summed E-state index contributed by atoms with van der Waals surface area (Å²) in [7, 11) is 2.21. The van der Waals surface area contributed by atoms with Crippen molar-refractivity contribution in [3.05, 3.63) is 71.8 Å². The summed E-state index contributed by atoms with van der Waals surface area (Å²) in [5.41, 5.74) is 2.22. The summed E-state index contributed by atoms with van der Waals surface area (Å²) in [5, 5.41) is 0. The van der Waals surface area contributed by atoms with Crippen LogP contribution >= 0.6 is 0 Å². The van der Waals surface area contributed by atoms with Crippen LogP contribution in [0.5, 0.6) is 0 Å². The molecule has 0 radical (unpaired) electrons. The molecular weight excluding hydrogens is 320 g/mol. The Bertz CT molecular complexity index is 671. The normalized spacial score (nSPS) is 17.5. The predicted octanol–water partition coefficient (Wildman–Crippen LogP) is 4.10. The zero-order chi connectivity index (χ0) is 18.2. The summed E-state index contributed by atoms with van der Waals surface area (Å²) in [6.07, 6.45) is 4.65. The van der Waals surface area contributed by atoms with Crippen LogP contribution in [0.2, 0.25) is 0 Å². The zero-order valence-electron chi connectivity index (χ0n) is 15.8. The van der Waals surface area contributed by atoms with Gasteiger partial charge in [0.25, 0.3) is 5.91 Å². The second-order valence-electron chi connectivity index (χ2n) is 7.48. The van der Waals surface area contributed by atoms with Gasteiger partial charge in [0.05, 0.1) is 0 Å². The van der Waals surface area contributed by atoms with Crippen molar-refractivity contribution in [1.82, 2.24) is 9.80 Å². The Balaban J connectivity index is 1.43. The maximum atomic E-state index is 12.7. The van der Waals surface area contributed by atoms with Crippen LogP contribution in [-0.4, -0.2) is 48.9 Å². The second kappa shape index (κ2) is 9.54. The van der Waals surface area contributed by atoms with E-state index in [9.17, 15) is 4.79 Å². The molecule has 0 aliphatic carbocycles. The molecular formula is C23H30N2O. The Hall–Kier alpha value is -2.13. The lowest BCUT2D eigenvalue weighted by Crippen LogP contribution is -2.43. The third kappa shape index (κ3) is 5.43. The number of piperidine rings is 1. The first kappa shape index (κ1) is 18.7. The number of likely N-dealkylation sites (tertiary alicyclic amines) is 1. The first-order valence-corrected chi connectivity index (χ1v) is 9.79. The summed E-state index contributed by atoms with van der Waals surface area (Å²) in [6.45, 7) is 3.96. The van der Waals surface area contributed by atoms with E-state index in [0.29, 0.717) is 5.92 Å². The molecule has 3 nitrogen and oxygen atoms in total. The summed E-state index contributed by atoms with van der Waals surface area (Å²) in [5.74, 6) is 0.764. The van der Waals surface area contributed by atoms with Crippen LogP contribution < -0.4 is 0 Å². The average Bonchev–Trinajstić information content (AvgIpc) is 2.69. The number of carbonyl (C=O) groups is 1. The lowest BCUT2D eigenvalue weighted by molar-refractivity contribution is 0.0648. The monoisotopic (exact) mass is 350 g/mol. The Labute approximate surface area is 157 Å². The lowest BCUT2D eigenvalue weighted by Gasteiger charge is -2.35. The third-order valence-corrected chi connectivity index (χ3v) is 5.24. The van der Waals surface area contributed by atoms with Crippen molar-refractivity contribution in [2.75, 3.05) is 33.2 Å². The topological polar surface area (TPSA) is 23.6 Å². The van der Waals surface area contributed by atoms with Gasteiger partial charge in [-0.25, -0.2) is 0 Å². The molecule has 1 atom stereocenters. The molecule has 2 aromatic carbocycles. The summed E-state index contributed by atoms with van der Waals surface area (Å²) >= 11 is 0. The molecule has 0 N–H and O–H groups in total. The molecule has 1 amide bonds. The maximum Gasteiger partial charge on any atom is 0.253 e. The minimum Gasteiger partial charge on any atom is -0.338 e. The molecule has 138 valence electrons. The molecule has 1 aliphatic rings. The fourth-order valence-corrected chi connectivity index (χ4v) is 3.89. The minimum atomic E-state index is 0.182. The van der Waals surface area contributed by atoms with E-state index >= 15 is 0 Å². The van der Waals surface area contributed by atoms with Crippen LogP contribution in [0, 0.1) is 5.92 Å². The molecule has 0 aromatic heterocycles. The van der Waals surface area contributed by atoms with Gasteiger partial charge in [-0.3, -0.25) is 4.79 Å². The lowest BCUT2D eigenvalue weighted by atomic mass is 9.96. The highest BCUT2D eigenvalue weighted by Gasteiger charge is 2.25. The fourth-order valence-electron chi connectivity index (χ4n) is 3.89.